The number of carbonyl (C=O) groups is 1. The van der Waals surface area contributed by atoms with Crippen LogP contribution < -0.4 is 0 Å². The number of carboxylic acids is 1. The molecular weight excluding hydrogens is 216 g/mol. The molecule has 0 aromatic carbocycles. The molecule has 1 N–H and O–H groups in total. The standard InChI is InChI=1S/C10H18O2S2/c1-3-10(2,6-4-9(11)12)8-5-7-13-14-8/h8H,3-7H2,1-2H3,(H,11,12). The Morgan fingerprint density at radius 1 is 1.64 bits per heavy atom. The summed E-state index contributed by atoms with van der Waals surface area (Å²) in [6.45, 7) is 4.41. The highest BCUT2D eigenvalue weighted by Gasteiger charge is 2.35. The van der Waals surface area contributed by atoms with Crippen LogP contribution in [0.4, 0.5) is 0 Å². The van der Waals surface area contributed by atoms with E-state index in [0.717, 1.165) is 12.8 Å². The minimum atomic E-state index is -0.666. The molecule has 1 fully saturated rings. The Morgan fingerprint density at radius 2 is 2.36 bits per heavy atom. The van der Waals surface area contributed by atoms with E-state index in [-0.39, 0.29) is 5.41 Å². The molecule has 0 bridgehead atoms. The number of hydrogen-bond acceptors (Lipinski definition) is 3. The van der Waals surface area contributed by atoms with Gasteiger partial charge in [-0.2, -0.15) is 0 Å². The third-order valence-corrected chi connectivity index (χ3v) is 6.32. The Balaban J connectivity index is 2.50. The zero-order chi connectivity index (χ0) is 10.6. The summed E-state index contributed by atoms with van der Waals surface area (Å²) in [4.78, 5) is 10.6. The fraction of sp³-hybridized carbons (Fsp3) is 0.900. The van der Waals surface area contributed by atoms with Gasteiger partial charge in [0.25, 0.3) is 0 Å². The van der Waals surface area contributed by atoms with E-state index in [0.29, 0.717) is 11.7 Å². The second-order valence-corrected chi connectivity index (χ2v) is 6.79. The van der Waals surface area contributed by atoms with Gasteiger partial charge in [0.15, 0.2) is 0 Å². The highest BCUT2D eigenvalue weighted by Crippen LogP contribution is 2.49. The van der Waals surface area contributed by atoms with Crippen molar-refractivity contribution in [1.29, 1.82) is 0 Å². The highest BCUT2D eigenvalue weighted by atomic mass is 33.1. The maximum absolute atomic E-state index is 10.6. The summed E-state index contributed by atoms with van der Waals surface area (Å²) < 4.78 is 0. The normalized spacial score (nSPS) is 26.0. The van der Waals surface area contributed by atoms with Gasteiger partial charge in [0.1, 0.15) is 0 Å². The van der Waals surface area contributed by atoms with Crippen molar-refractivity contribution in [2.24, 2.45) is 5.41 Å². The van der Waals surface area contributed by atoms with Crippen molar-refractivity contribution in [2.45, 2.75) is 44.8 Å². The van der Waals surface area contributed by atoms with E-state index in [1.54, 1.807) is 0 Å². The van der Waals surface area contributed by atoms with Crippen molar-refractivity contribution in [3.63, 3.8) is 0 Å². The van der Waals surface area contributed by atoms with E-state index in [1.807, 2.05) is 21.6 Å². The molecule has 14 heavy (non-hydrogen) atoms. The third kappa shape index (κ3) is 3.09. The van der Waals surface area contributed by atoms with Crippen LogP contribution in [0.3, 0.4) is 0 Å². The van der Waals surface area contributed by atoms with Crippen molar-refractivity contribution in [1.82, 2.24) is 0 Å². The molecule has 0 amide bonds. The quantitative estimate of drug-likeness (QED) is 0.740. The van der Waals surface area contributed by atoms with E-state index >= 15 is 0 Å². The zero-order valence-corrected chi connectivity index (χ0v) is 10.4. The molecule has 0 aromatic heterocycles. The average molecular weight is 234 g/mol. The van der Waals surface area contributed by atoms with E-state index < -0.39 is 5.97 Å². The van der Waals surface area contributed by atoms with Crippen LogP contribution in [0.2, 0.25) is 0 Å². The van der Waals surface area contributed by atoms with E-state index in [9.17, 15) is 4.79 Å². The first-order valence-electron chi connectivity index (χ1n) is 5.08. The number of rotatable bonds is 5. The minimum absolute atomic E-state index is 0.215. The monoisotopic (exact) mass is 234 g/mol. The lowest BCUT2D eigenvalue weighted by Crippen LogP contribution is -2.28. The maximum Gasteiger partial charge on any atom is 0.303 e. The third-order valence-electron chi connectivity index (χ3n) is 3.14. The molecule has 0 radical (unpaired) electrons. The number of aliphatic carboxylic acids is 1. The largest absolute Gasteiger partial charge is 0.481 e. The maximum atomic E-state index is 10.6. The topological polar surface area (TPSA) is 37.3 Å². The van der Waals surface area contributed by atoms with Crippen LogP contribution in [0.5, 0.6) is 0 Å². The Labute approximate surface area is 93.6 Å². The zero-order valence-electron chi connectivity index (χ0n) is 8.78. The van der Waals surface area contributed by atoms with Crippen LogP contribution in [0.25, 0.3) is 0 Å². The van der Waals surface area contributed by atoms with Crippen molar-refractivity contribution in [3.05, 3.63) is 0 Å². The summed E-state index contributed by atoms with van der Waals surface area (Å²) in [5.41, 5.74) is 0.215. The Morgan fingerprint density at radius 3 is 2.79 bits per heavy atom. The number of carboxylic acid groups (broad SMARTS) is 1. The molecule has 1 aliphatic rings. The van der Waals surface area contributed by atoms with Crippen molar-refractivity contribution >= 4 is 27.6 Å². The van der Waals surface area contributed by atoms with Crippen LogP contribution in [-0.2, 0) is 4.79 Å². The lowest BCUT2D eigenvalue weighted by molar-refractivity contribution is -0.137. The fourth-order valence-electron chi connectivity index (χ4n) is 1.76. The van der Waals surface area contributed by atoms with Gasteiger partial charge >= 0.3 is 5.97 Å². The van der Waals surface area contributed by atoms with Gasteiger partial charge in [0, 0.05) is 17.4 Å². The van der Waals surface area contributed by atoms with Gasteiger partial charge in [-0.05, 0) is 24.7 Å². The molecular formula is C10H18O2S2. The lowest BCUT2D eigenvalue weighted by Gasteiger charge is -2.33. The van der Waals surface area contributed by atoms with Gasteiger partial charge in [-0.3, -0.25) is 4.79 Å². The summed E-state index contributed by atoms with van der Waals surface area (Å²) >= 11 is 0. The second kappa shape index (κ2) is 5.31. The first-order chi connectivity index (χ1) is 6.58. The molecule has 2 atom stereocenters. The van der Waals surface area contributed by atoms with Gasteiger partial charge in [0.05, 0.1) is 0 Å². The van der Waals surface area contributed by atoms with E-state index in [4.69, 9.17) is 5.11 Å². The summed E-state index contributed by atoms with van der Waals surface area (Å²) in [7, 11) is 3.88. The first-order valence-corrected chi connectivity index (χ1v) is 7.47. The lowest BCUT2D eigenvalue weighted by atomic mass is 9.78. The van der Waals surface area contributed by atoms with E-state index in [2.05, 4.69) is 13.8 Å². The van der Waals surface area contributed by atoms with Crippen molar-refractivity contribution in [2.75, 3.05) is 5.75 Å². The fourth-order valence-corrected chi connectivity index (χ4v) is 5.28. The van der Waals surface area contributed by atoms with Gasteiger partial charge < -0.3 is 5.11 Å². The molecule has 0 aromatic rings. The number of hydrogen-bond donors (Lipinski definition) is 1. The summed E-state index contributed by atoms with van der Waals surface area (Å²) in [6, 6.07) is 0. The summed E-state index contributed by atoms with van der Waals surface area (Å²) in [5.74, 6) is 0.554. The van der Waals surface area contributed by atoms with Gasteiger partial charge in [-0.15, -0.1) is 0 Å². The molecule has 1 heterocycles. The SMILES string of the molecule is CCC(C)(CCC(=O)O)C1CCSS1. The predicted octanol–water partition coefficient (Wildman–Crippen LogP) is 3.42. The Kier molecular flexibility index (Phi) is 4.64. The van der Waals surface area contributed by atoms with Crippen molar-refractivity contribution < 1.29 is 9.90 Å². The molecule has 0 saturated carbocycles. The van der Waals surface area contributed by atoms with Crippen molar-refractivity contribution in [3.8, 4) is 0 Å². The molecule has 0 aliphatic carbocycles. The predicted molar refractivity (Wildman–Crippen MR) is 63.7 cm³/mol. The van der Waals surface area contributed by atoms with Crippen LogP contribution in [0, 0.1) is 5.41 Å². The van der Waals surface area contributed by atoms with Crippen LogP contribution >= 0.6 is 21.6 Å². The second-order valence-electron chi connectivity index (χ2n) is 4.10. The molecule has 82 valence electrons. The molecule has 2 nitrogen and oxygen atoms in total. The Bertz CT molecular complexity index is 202. The van der Waals surface area contributed by atoms with E-state index in [1.165, 1.54) is 12.2 Å². The molecule has 1 saturated heterocycles. The molecule has 2 unspecified atom stereocenters. The molecule has 1 rings (SSSR count). The smallest absolute Gasteiger partial charge is 0.303 e. The average Bonchev–Trinajstić information content (AvgIpc) is 2.67. The molecule has 4 heteroatoms. The molecule has 0 spiro atoms. The van der Waals surface area contributed by atoms with Crippen LogP contribution in [0.15, 0.2) is 0 Å². The van der Waals surface area contributed by atoms with Gasteiger partial charge in [0.2, 0.25) is 0 Å². The summed E-state index contributed by atoms with van der Waals surface area (Å²) in [6.07, 6.45) is 3.45. The summed E-state index contributed by atoms with van der Waals surface area (Å²) in [5, 5.41) is 9.35. The Hall–Kier alpha value is 0.170. The van der Waals surface area contributed by atoms with Gasteiger partial charge in [-0.25, -0.2) is 0 Å². The molecule has 1 aliphatic heterocycles. The minimum Gasteiger partial charge on any atom is -0.481 e. The first kappa shape index (κ1) is 12.2. The van der Waals surface area contributed by atoms with Crippen LogP contribution in [0.1, 0.15) is 39.5 Å². The van der Waals surface area contributed by atoms with Gasteiger partial charge in [-0.1, -0.05) is 35.4 Å². The highest BCUT2D eigenvalue weighted by molar-refractivity contribution is 8.77. The van der Waals surface area contributed by atoms with Crippen LogP contribution in [-0.4, -0.2) is 22.1 Å².